The summed E-state index contributed by atoms with van der Waals surface area (Å²) in [5.74, 6) is 0. The molecule has 2 aromatic heterocycles. The van der Waals surface area contributed by atoms with Gasteiger partial charge in [0, 0.05) is 11.3 Å². The third kappa shape index (κ3) is 2.22. The molecule has 0 fully saturated rings. The minimum Gasteiger partial charge on any atom is -0.245 e. The van der Waals surface area contributed by atoms with Gasteiger partial charge in [-0.3, -0.25) is 0 Å². The van der Waals surface area contributed by atoms with Crippen molar-refractivity contribution in [2.45, 2.75) is 6.92 Å². The van der Waals surface area contributed by atoms with Gasteiger partial charge >= 0.3 is 5.69 Å². The molecule has 6 heteroatoms. The van der Waals surface area contributed by atoms with E-state index in [1.807, 2.05) is 55.5 Å². The highest BCUT2D eigenvalue weighted by Gasteiger charge is 2.21. The van der Waals surface area contributed by atoms with Crippen LogP contribution in [0, 0.1) is 18.3 Å². The fourth-order valence-electron chi connectivity index (χ4n) is 3.02. The van der Waals surface area contributed by atoms with Gasteiger partial charge in [0.05, 0.1) is 5.69 Å². The van der Waals surface area contributed by atoms with E-state index in [0.29, 0.717) is 22.5 Å². The van der Waals surface area contributed by atoms with Gasteiger partial charge in [-0.05, 0) is 24.6 Å². The largest absolute Gasteiger partial charge is 0.356 e. The number of hydrogen-bond donors (Lipinski definition) is 0. The molecular weight excluding hydrogens is 314 g/mol. The van der Waals surface area contributed by atoms with Crippen LogP contribution in [0.15, 0.2) is 65.5 Å². The first-order valence-electron chi connectivity index (χ1n) is 7.74. The molecule has 0 atom stereocenters. The van der Waals surface area contributed by atoms with E-state index in [4.69, 9.17) is 0 Å². The van der Waals surface area contributed by atoms with Gasteiger partial charge in [0.1, 0.15) is 11.6 Å². The van der Waals surface area contributed by atoms with Crippen LogP contribution in [-0.4, -0.2) is 19.4 Å². The SMILES string of the molecule is Cc1c(-c2ccccc2)c(C#N)c2nnn(-c3ccccc3)c(=O)n12. The second kappa shape index (κ2) is 5.73. The van der Waals surface area contributed by atoms with E-state index in [0.717, 1.165) is 5.56 Å². The van der Waals surface area contributed by atoms with Crippen LogP contribution in [0.3, 0.4) is 0 Å². The number of aromatic nitrogens is 4. The maximum absolute atomic E-state index is 13.0. The zero-order valence-corrected chi connectivity index (χ0v) is 13.4. The predicted molar refractivity (Wildman–Crippen MR) is 93.5 cm³/mol. The second-order valence-corrected chi connectivity index (χ2v) is 5.59. The lowest BCUT2D eigenvalue weighted by Crippen LogP contribution is -2.29. The van der Waals surface area contributed by atoms with Crippen molar-refractivity contribution in [1.82, 2.24) is 19.4 Å². The van der Waals surface area contributed by atoms with Crippen LogP contribution in [0.25, 0.3) is 22.5 Å². The van der Waals surface area contributed by atoms with Crippen molar-refractivity contribution in [1.29, 1.82) is 5.26 Å². The summed E-state index contributed by atoms with van der Waals surface area (Å²) in [6.45, 7) is 1.81. The van der Waals surface area contributed by atoms with E-state index >= 15 is 0 Å². The van der Waals surface area contributed by atoms with Crippen LogP contribution >= 0.6 is 0 Å². The topological polar surface area (TPSA) is 76.0 Å². The molecule has 4 rings (SSSR count). The Kier molecular flexibility index (Phi) is 3.40. The first-order valence-corrected chi connectivity index (χ1v) is 7.74. The highest BCUT2D eigenvalue weighted by molar-refractivity contribution is 5.81. The lowest BCUT2D eigenvalue weighted by Gasteiger charge is -2.04. The molecule has 0 unspecified atom stereocenters. The molecule has 0 saturated carbocycles. The van der Waals surface area contributed by atoms with Gasteiger partial charge in [-0.2, -0.15) is 9.94 Å². The number of fused-ring (bicyclic) bond motifs is 1. The Morgan fingerprint density at radius 1 is 1.00 bits per heavy atom. The summed E-state index contributed by atoms with van der Waals surface area (Å²) >= 11 is 0. The van der Waals surface area contributed by atoms with Gasteiger partial charge in [0.25, 0.3) is 0 Å². The molecule has 0 spiro atoms. The van der Waals surface area contributed by atoms with Crippen molar-refractivity contribution in [3.05, 3.63) is 82.4 Å². The minimum absolute atomic E-state index is 0.274. The van der Waals surface area contributed by atoms with Crippen LogP contribution in [0.5, 0.6) is 0 Å². The zero-order valence-electron chi connectivity index (χ0n) is 13.4. The van der Waals surface area contributed by atoms with Crippen LogP contribution in [0.2, 0.25) is 0 Å². The third-order valence-corrected chi connectivity index (χ3v) is 4.16. The molecule has 0 amide bonds. The summed E-state index contributed by atoms with van der Waals surface area (Å²) in [6.07, 6.45) is 0. The number of nitriles is 1. The molecule has 0 aliphatic carbocycles. The monoisotopic (exact) mass is 327 g/mol. The molecule has 0 radical (unpaired) electrons. The van der Waals surface area contributed by atoms with E-state index in [-0.39, 0.29) is 11.3 Å². The zero-order chi connectivity index (χ0) is 17.4. The molecule has 25 heavy (non-hydrogen) atoms. The van der Waals surface area contributed by atoms with E-state index < -0.39 is 0 Å². The average molecular weight is 327 g/mol. The highest BCUT2D eigenvalue weighted by Crippen LogP contribution is 2.30. The minimum atomic E-state index is -0.354. The molecule has 2 heterocycles. The standard InChI is InChI=1S/C19H13N5O/c1-13-17(14-8-4-2-5-9-14)16(12-20)18-21-22-24(19(25)23(13)18)15-10-6-3-7-11-15/h2-11H,1H3. The maximum atomic E-state index is 13.0. The molecule has 120 valence electrons. The van der Waals surface area contributed by atoms with E-state index in [9.17, 15) is 10.1 Å². The van der Waals surface area contributed by atoms with Crippen molar-refractivity contribution in [3.63, 3.8) is 0 Å². The van der Waals surface area contributed by atoms with Crippen molar-refractivity contribution < 1.29 is 0 Å². The lowest BCUT2D eigenvalue weighted by atomic mass is 10.0. The van der Waals surface area contributed by atoms with E-state index in [1.54, 1.807) is 12.1 Å². The molecule has 0 N–H and O–H groups in total. The normalized spacial score (nSPS) is 10.7. The fraction of sp³-hybridized carbons (Fsp3) is 0.0526. The van der Waals surface area contributed by atoms with Gasteiger partial charge in [-0.25, -0.2) is 9.20 Å². The number of benzene rings is 2. The maximum Gasteiger partial charge on any atom is 0.356 e. The first-order chi connectivity index (χ1) is 12.2. The summed E-state index contributed by atoms with van der Waals surface area (Å²) in [4.78, 5) is 13.0. The molecule has 0 aliphatic heterocycles. The molecule has 0 saturated heterocycles. The third-order valence-electron chi connectivity index (χ3n) is 4.16. The predicted octanol–water partition coefficient (Wildman–Crippen LogP) is 2.73. The number of nitrogens with zero attached hydrogens (tertiary/aromatic N) is 5. The van der Waals surface area contributed by atoms with E-state index in [2.05, 4.69) is 16.4 Å². The first kappa shape index (κ1) is 14.8. The highest BCUT2D eigenvalue weighted by atomic mass is 16.2. The number of hydrogen-bond acceptors (Lipinski definition) is 4. The Bertz CT molecular complexity index is 1170. The Morgan fingerprint density at radius 2 is 1.64 bits per heavy atom. The lowest BCUT2D eigenvalue weighted by molar-refractivity contribution is 0.671. The van der Waals surface area contributed by atoms with E-state index in [1.165, 1.54) is 9.08 Å². The van der Waals surface area contributed by atoms with Crippen molar-refractivity contribution >= 4 is 5.65 Å². The molecule has 6 nitrogen and oxygen atoms in total. The quantitative estimate of drug-likeness (QED) is 0.567. The molecule has 0 bridgehead atoms. The fourth-order valence-corrected chi connectivity index (χ4v) is 3.02. The van der Waals surface area contributed by atoms with Crippen LogP contribution in [0.1, 0.15) is 11.3 Å². The molecule has 0 aliphatic rings. The van der Waals surface area contributed by atoms with Crippen LogP contribution in [0.4, 0.5) is 0 Å². The summed E-state index contributed by atoms with van der Waals surface area (Å²) in [6, 6.07) is 20.8. The number of rotatable bonds is 2. The van der Waals surface area contributed by atoms with Crippen molar-refractivity contribution in [2.24, 2.45) is 0 Å². The van der Waals surface area contributed by atoms with Crippen LogP contribution in [-0.2, 0) is 0 Å². The van der Waals surface area contributed by atoms with Gasteiger partial charge in [0.2, 0.25) is 0 Å². The number of para-hydroxylation sites is 1. The Hall–Kier alpha value is -3.72. The Labute approximate surface area is 143 Å². The summed E-state index contributed by atoms with van der Waals surface area (Å²) < 4.78 is 2.68. The number of aryl methyl sites for hydroxylation is 1. The molecular formula is C19H13N5O. The average Bonchev–Trinajstić information content (AvgIpc) is 2.96. The summed E-state index contributed by atoms with van der Waals surface area (Å²) in [7, 11) is 0. The smallest absolute Gasteiger partial charge is 0.245 e. The van der Waals surface area contributed by atoms with Gasteiger partial charge in [-0.1, -0.05) is 53.7 Å². The summed E-state index contributed by atoms with van der Waals surface area (Å²) in [5, 5.41) is 17.8. The Morgan fingerprint density at radius 3 is 2.28 bits per heavy atom. The van der Waals surface area contributed by atoms with Gasteiger partial charge in [-0.15, -0.1) is 5.10 Å². The van der Waals surface area contributed by atoms with Gasteiger partial charge in [0.15, 0.2) is 5.65 Å². The molecule has 2 aromatic carbocycles. The Balaban J connectivity index is 2.09. The second-order valence-electron chi connectivity index (χ2n) is 5.59. The van der Waals surface area contributed by atoms with Gasteiger partial charge < -0.3 is 0 Å². The van der Waals surface area contributed by atoms with Crippen molar-refractivity contribution in [3.8, 4) is 22.9 Å². The van der Waals surface area contributed by atoms with Crippen LogP contribution < -0.4 is 5.69 Å². The summed E-state index contributed by atoms with van der Waals surface area (Å²) in [5.41, 5.74) is 3.14. The van der Waals surface area contributed by atoms with Crippen molar-refractivity contribution in [2.75, 3.05) is 0 Å². The molecule has 4 aromatic rings.